The topological polar surface area (TPSA) is 56.3 Å². The van der Waals surface area contributed by atoms with Gasteiger partial charge in [-0.15, -0.1) is 0 Å². The van der Waals surface area contributed by atoms with Gasteiger partial charge in [0.2, 0.25) is 0 Å². The zero-order chi connectivity index (χ0) is 23.9. The number of benzene rings is 2. The number of fused-ring (bicyclic) bond motifs is 3. The van der Waals surface area contributed by atoms with Gasteiger partial charge in [0, 0.05) is 40.3 Å². The number of aliphatic carboxylic acids is 1. The van der Waals surface area contributed by atoms with Crippen molar-refractivity contribution in [1.29, 1.82) is 0 Å². The number of hydrogen-bond donors (Lipinski definition) is 2. The number of alkyl halides is 1. The molecule has 1 aliphatic heterocycles. The predicted octanol–water partition coefficient (Wildman–Crippen LogP) is 5.88. The number of para-hydroxylation sites is 1. The molecule has 7 heteroatoms. The Balaban J connectivity index is 1.94. The molecule has 4 rings (SSSR count). The van der Waals surface area contributed by atoms with E-state index in [4.69, 9.17) is 5.11 Å². The third-order valence-electron chi connectivity index (χ3n) is 6.38. The number of carbonyl (C=O) groups is 1. The highest BCUT2D eigenvalue weighted by atomic mass is 19.1. The SMILES string of the molecule is C[C@H](CF)CN1C(c2c(F)cc(/C=C/C(=O)O)cc2F)c2[nH]c3ccccc3c2CC1(C)C. The van der Waals surface area contributed by atoms with Crippen LogP contribution in [0.15, 0.2) is 42.5 Å². The van der Waals surface area contributed by atoms with Crippen molar-refractivity contribution in [1.82, 2.24) is 9.88 Å². The second-order valence-electron chi connectivity index (χ2n) is 9.44. The van der Waals surface area contributed by atoms with Crippen molar-refractivity contribution in [2.75, 3.05) is 13.2 Å². The molecule has 0 spiro atoms. The second-order valence-corrected chi connectivity index (χ2v) is 9.44. The molecule has 3 aromatic rings. The number of carboxylic acids is 1. The Morgan fingerprint density at radius 1 is 1.27 bits per heavy atom. The summed E-state index contributed by atoms with van der Waals surface area (Å²) in [7, 11) is 0. The van der Waals surface area contributed by atoms with Crippen LogP contribution in [0.2, 0.25) is 0 Å². The highest BCUT2D eigenvalue weighted by Gasteiger charge is 2.44. The first kappa shape index (κ1) is 23.1. The van der Waals surface area contributed by atoms with Crippen LogP contribution in [0, 0.1) is 17.6 Å². The molecule has 0 fully saturated rings. The summed E-state index contributed by atoms with van der Waals surface area (Å²) in [5.74, 6) is -3.07. The van der Waals surface area contributed by atoms with Gasteiger partial charge in [-0.05, 0) is 61.6 Å². The third-order valence-corrected chi connectivity index (χ3v) is 6.38. The van der Waals surface area contributed by atoms with Crippen LogP contribution < -0.4 is 0 Å². The number of nitrogens with one attached hydrogen (secondary N) is 1. The van der Waals surface area contributed by atoms with Crippen LogP contribution in [-0.2, 0) is 11.2 Å². The van der Waals surface area contributed by atoms with E-state index in [-0.39, 0.29) is 17.0 Å². The van der Waals surface area contributed by atoms with Gasteiger partial charge >= 0.3 is 5.97 Å². The van der Waals surface area contributed by atoms with Gasteiger partial charge in [0.15, 0.2) is 0 Å². The van der Waals surface area contributed by atoms with E-state index in [1.807, 2.05) is 43.0 Å². The average molecular weight is 457 g/mol. The summed E-state index contributed by atoms with van der Waals surface area (Å²) in [5.41, 5.74) is 2.07. The summed E-state index contributed by atoms with van der Waals surface area (Å²) in [4.78, 5) is 16.2. The van der Waals surface area contributed by atoms with Crippen molar-refractivity contribution < 1.29 is 23.1 Å². The molecule has 0 amide bonds. The molecule has 33 heavy (non-hydrogen) atoms. The van der Waals surface area contributed by atoms with Gasteiger partial charge in [-0.1, -0.05) is 25.1 Å². The molecule has 2 aromatic carbocycles. The number of H-pyrrole nitrogens is 1. The minimum atomic E-state index is -1.21. The lowest BCUT2D eigenvalue weighted by Gasteiger charge is -2.48. The van der Waals surface area contributed by atoms with E-state index >= 15 is 8.78 Å². The monoisotopic (exact) mass is 456 g/mol. The fourth-order valence-corrected chi connectivity index (χ4v) is 4.85. The maximum absolute atomic E-state index is 15.5. The smallest absolute Gasteiger partial charge is 0.328 e. The molecule has 0 aliphatic carbocycles. The van der Waals surface area contributed by atoms with E-state index in [1.165, 1.54) is 0 Å². The van der Waals surface area contributed by atoms with E-state index in [9.17, 15) is 9.18 Å². The summed E-state index contributed by atoms with van der Waals surface area (Å²) in [5, 5.41) is 9.84. The van der Waals surface area contributed by atoms with Gasteiger partial charge in [-0.3, -0.25) is 9.29 Å². The number of aromatic nitrogens is 1. The van der Waals surface area contributed by atoms with Crippen molar-refractivity contribution >= 4 is 22.9 Å². The Hall–Kier alpha value is -3.06. The standard InChI is InChI=1S/C26H27F3N2O2/c1-15(13-27)14-31-25(23-19(28)10-16(11-20(23)29)8-9-22(32)33)24-18(12-26(31,2)3)17-6-4-5-7-21(17)30-24/h4-11,15,25,30H,12-14H2,1-3H3,(H,32,33)/b9-8+/t15-,25?/m1/s1. The molecule has 174 valence electrons. The van der Waals surface area contributed by atoms with Gasteiger partial charge in [0.25, 0.3) is 0 Å². The predicted molar refractivity (Wildman–Crippen MR) is 123 cm³/mol. The Kier molecular flexibility index (Phi) is 6.10. The number of nitrogens with zero attached hydrogens (tertiary/aromatic N) is 1. The van der Waals surface area contributed by atoms with Crippen molar-refractivity contribution in [2.45, 2.75) is 38.8 Å². The number of carboxylic acid groups (broad SMARTS) is 1. The quantitative estimate of drug-likeness (QED) is 0.456. The first-order chi connectivity index (χ1) is 15.6. The molecule has 0 bridgehead atoms. The fourth-order valence-electron chi connectivity index (χ4n) is 4.85. The number of rotatable bonds is 6. The van der Waals surface area contributed by atoms with Gasteiger partial charge in [0.05, 0.1) is 12.7 Å². The zero-order valence-electron chi connectivity index (χ0n) is 18.8. The summed E-state index contributed by atoms with van der Waals surface area (Å²) >= 11 is 0. The lowest BCUT2D eigenvalue weighted by atomic mass is 9.80. The molecule has 1 aromatic heterocycles. The van der Waals surface area contributed by atoms with Crippen molar-refractivity contribution in [3.63, 3.8) is 0 Å². The zero-order valence-corrected chi connectivity index (χ0v) is 18.8. The molecule has 0 saturated heterocycles. The van der Waals surface area contributed by atoms with Crippen molar-refractivity contribution in [2.24, 2.45) is 5.92 Å². The van der Waals surface area contributed by atoms with Crippen LogP contribution >= 0.6 is 0 Å². The minimum absolute atomic E-state index is 0.117. The molecule has 2 heterocycles. The molecular weight excluding hydrogens is 429 g/mol. The Morgan fingerprint density at radius 3 is 2.58 bits per heavy atom. The first-order valence-electron chi connectivity index (χ1n) is 10.9. The van der Waals surface area contributed by atoms with Crippen LogP contribution in [0.4, 0.5) is 13.2 Å². The highest BCUT2D eigenvalue weighted by Crippen LogP contribution is 2.46. The van der Waals surface area contributed by atoms with Crippen molar-refractivity contribution in [3.8, 4) is 0 Å². The molecule has 2 atom stereocenters. The molecule has 0 saturated carbocycles. The molecule has 1 unspecified atom stereocenters. The van der Waals surface area contributed by atoms with E-state index < -0.39 is 35.9 Å². The largest absolute Gasteiger partial charge is 0.478 e. The van der Waals surface area contributed by atoms with E-state index in [0.717, 1.165) is 40.8 Å². The first-order valence-corrected chi connectivity index (χ1v) is 10.9. The number of halogens is 3. The third kappa shape index (κ3) is 4.29. The molecule has 1 aliphatic rings. The van der Waals surface area contributed by atoms with Crippen LogP contribution in [0.5, 0.6) is 0 Å². The number of aromatic amines is 1. The summed E-state index contributed by atoms with van der Waals surface area (Å²) in [6, 6.07) is 9.24. The van der Waals surface area contributed by atoms with E-state index in [0.29, 0.717) is 18.7 Å². The second kappa shape index (κ2) is 8.71. The van der Waals surface area contributed by atoms with Crippen LogP contribution in [-0.4, -0.2) is 39.7 Å². The summed E-state index contributed by atoms with van der Waals surface area (Å²) in [6.45, 7) is 5.58. The lowest BCUT2D eigenvalue weighted by molar-refractivity contribution is -0.131. The summed E-state index contributed by atoms with van der Waals surface area (Å²) in [6.07, 6.45) is 2.63. The maximum Gasteiger partial charge on any atom is 0.328 e. The normalized spacial score (nSPS) is 19.2. The van der Waals surface area contributed by atoms with Gasteiger partial charge in [0.1, 0.15) is 11.6 Å². The molecule has 2 N–H and O–H groups in total. The average Bonchev–Trinajstić information content (AvgIpc) is 3.11. The lowest BCUT2D eigenvalue weighted by Crippen LogP contribution is -2.53. The molecular formula is C26H27F3N2O2. The van der Waals surface area contributed by atoms with Crippen LogP contribution in [0.3, 0.4) is 0 Å². The highest BCUT2D eigenvalue weighted by molar-refractivity contribution is 5.86. The Labute approximate surface area is 190 Å². The Bertz CT molecular complexity index is 1210. The van der Waals surface area contributed by atoms with E-state index in [1.54, 1.807) is 6.92 Å². The van der Waals surface area contributed by atoms with Gasteiger partial charge in [-0.25, -0.2) is 13.6 Å². The van der Waals surface area contributed by atoms with Crippen LogP contribution in [0.25, 0.3) is 17.0 Å². The number of hydrogen-bond acceptors (Lipinski definition) is 2. The van der Waals surface area contributed by atoms with Crippen LogP contribution in [0.1, 0.15) is 49.2 Å². The van der Waals surface area contributed by atoms with Gasteiger partial charge in [-0.2, -0.15) is 0 Å². The minimum Gasteiger partial charge on any atom is -0.478 e. The van der Waals surface area contributed by atoms with Gasteiger partial charge < -0.3 is 10.1 Å². The van der Waals surface area contributed by atoms with Crippen molar-refractivity contribution in [3.05, 3.63) is 76.5 Å². The summed E-state index contributed by atoms with van der Waals surface area (Å²) < 4.78 is 44.5. The van der Waals surface area contributed by atoms with E-state index in [2.05, 4.69) is 4.98 Å². The molecule has 0 radical (unpaired) electrons. The molecule has 4 nitrogen and oxygen atoms in total. The Morgan fingerprint density at radius 2 is 1.94 bits per heavy atom. The maximum atomic E-state index is 15.5. The fraction of sp³-hybridized carbons (Fsp3) is 0.346.